The molecule has 0 amide bonds. The number of aryl methyl sites for hydroxylation is 6. The minimum Gasteiger partial charge on any atom is -0.327 e. The number of hydrogen-bond acceptors (Lipinski definition) is 6. The lowest BCUT2D eigenvalue weighted by Gasteiger charge is -2.52. The summed E-state index contributed by atoms with van der Waals surface area (Å²) in [7, 11) is 2.13. The van der Waals surface area contributed by atoms with Crippen LogP contribution in [0.15, 0.2) is 36.4 Å². The first-order valence-electron chi connectivity index (χ1n) is 21.2. The monoisotopic (exact) mass is 699 g/mol. The van der Waals surface area contributed by atoms with E-state index in [4.69, 9.17) is 11.5 Å². The van der Waals surface area contributed by atoms with E-state index in [-0.39, 0.29) is 0 Å². The molecule has 6 aliphatic carbocycles. The summed E-state index contributed by atoms with van der Waals surface area (Å²) < 4.78 is 0. The predicted molar refractivity (Wildman–Crippen MR) is 212 cm³/mol. The standard InChI is InChI=1S/C46H62N6/c1-49-43-10-4-31-19-40-25-46(13-7-34(40)16-37(31)22-43)52-27-50(44-11-5-32-14-35-20-41(47)8-2-29(35)17-38(32)23-44)26-51(28-52)45-12-6-33-15-36-21-42(48)9-3-30(36)18-39(33)24-45/h14-19,41-46,49H,2-13,20-28,47-48H2,1H3. The van der Waals surface area contributed by atoms with Crippen molar-refractivity contribution in [2.24, 2.45) is 11.5 Å². The van der Waals surface area contributed by atoms with Gasteiger partial charge in [-0.15, -0.1) is 0 Å². The van der Waals surface area contributed by atoms with Crippen molar-refractivity contribution in [1.82, 2.24) is 20.0 Å². The molecule has 0 spiro atoms. The Labute approximate surface area is 312 Å². The molecule has 5 N–H and O–H groups in total. The second kappa shape index (κ2) is 13.9. The molecule has 0 radical (unpaired) electrons. The van der Waals surface area contributed by atoms with Crippen LogP contribution in [0.3, 0.4) is 0 Å². The van der Waals surface area contributed by atoms with E-state index in [0.29, 0.717) is 36.3 Å². The van der Waals surface area contributed by atoms with Crippen molar-refractivity contribution in [1.29, 1.82) is 0 Å². The van der Waals surface area contributed by atoms with E-state index in [1.807, 2.05) is 0 Å². The maximum absolute atomic E-state index is 6.40. The van der Waals surface area contributed by atoms with Gasteiger partial charge < -0.3 is 16.8 Å². The molecule has 3 aromatic rings. The quantitative estimate of drug-likeness (QED) is 0.350. The third kappa shape index (κ3) is 6.50. The lowest BCUT2D eigenvalue weighted by molar-refractivity contribution is -0.0908. The molecule has 276 valence electrons. The van der Waals surface area contributed by atoms with Crippen LogP contribution in [-0.2, 0) is 77.0 Å². The minimum atomic E-state index is 0.338. The van der Waals surface area contributed by atoms with Crippen molar-refractivity contribution in [3.8, 4) is 0 Å². The molecule has 0 bridgehead atoms. The van der Waals surface area contributed by atoms with E-state index in [0.717, 1.165) is 58.5 Å². The van der Waals surface area contributed by atoms with Gasteiger partial charge in [-0.2, -0.15) is 0 Å². The van der Waals surface area contributed by atoms with Gasteiger partial charge in [0.15, 0.2) is 0 Å². The first-order valence-corrected chi connectivity index (χ1v) is 21.2. The molecule has 52 heavy (non-hydrogen) atoms. The summed E-state index contributed by atoms with van der Waals surface area (Å²) in [6, 6.07) is 18.7. The number of hydrogen-bond donors (Lipinski definition) is 3. The van der Waals surface area contributed by atoms with Crippen molar-refractivity contribution >= 4 is 0 Å². The first kappa shape index (κ1) is 33.9. The van der Waals surface area contributed by atoms with Gasteiger partial charge in [0.05, 0.1) is 20.0 Å². The van der Waals surface area contributed by atoms with Gasteiger partial charge in [0.1, 0.15) is 0 Å². The summed E-state index contributed by atoms with van der Waals surface area (Å²) in [6.07, 6.45) is 21.5. The smallest absolute Gasteiger partial charge is 0.0536 e. The van der Waals surface area contributed by atoms with Crippen LogP contribution in [-0.4, -0.2) is 78.0 Å². The SMILES string of the molecule is CNC1CCc2cc3c(cc2C1)CCC(N1CN(C2CCc4cc5c(cc4C2)CCC(N)C5)CN(C2CCc4cc5c(cc4C2)CCC(N)C5)C1)C3. The lowest BCUT2D eigenvalue weighted by atomic mass is 9.79. The fraction of sp³-hybridized carbons (Fsp3) is 0.609. The number of benzene rings is 3. The molecule has 6 atom stereocenters. The third-order valence-electron chi connectivity index (χ3n) is 15.0. The Morgan fingerprint density at radius 3 is 1.08 bits per heavy atom. The van der Waals surface area contributed by atoms with Crippen molar-refractivity contribution in [2.45, 2.75) is 152 Å². The van der Waals surface area contributed by atoms with Crippen molar-refractivity contribution in [3.63, 3.8) is 0 Å². The first-order chi connectivity index (χ1) is 25.4. The zero-order valence-electron chi connectivity index (χ0n) is 31.8. The molecule has 0 saturated carbocycles. The minimum absolute atomic E-state index is 0.338. The zero-order chi connectivity index (χ0) is 34.9. The van der Waals surface area contributed by atoms with Crippen molar-refractivity contribution in [3.05, 3.63) is 103 Å². The normalized spacial score (nSPS) is 30.8. The summed E-state index contributed by atoms with van der Waals surface area (Å²) in [5, 5.41) is 3.55. The number of rotatable bonds is 4. The molecule has 1 aliphatic heterocycles. The second-order valence-corrected chi connectivity index (χ2v) is 18.3. The lowest BCUT2D eigenvalue weighted by Crippen LogP contribution is -2.63. The Bertz CT molecular complexity index is 1740. The number of likely N-dealkylation sites (N-methyl/N-ethyl adjacent to an activating group) is 1. The van der Waals surface area contributed by atoms with Crippen molar-refractivity contribution in [2.75, 3.05) is 27.1 Å². The topological polar surface area (TPSA) is 73.8 Å². The average molecular weight is 699 g/mol. The Hall–Kier alpha value is -2.58. The molecule has 6 nitrogen and oxygen atoms in total. The van der Waals surface area contributed by atoms with Crippen LogP contribution in [0.5, 0.6) is 0 Å². The highest BCUT2D eigenvalue weighted by Crippen LogP contribution is 2.37. The van der Waals surface area contributed by atoms with Gasteiger partial charge in [0, 0.05) is 36.3 Å². The van der Waals surface area contributed by atoms with E-state index in [1.165, 1.54) is 88.2 Å². The molecule has 6 unspecified atom stereocenters. The summed E-state index contributed by atoms with van der Waals surface area (Å²) in [6.45, 7) is 3.34. The Morgan fingerprint density at radius 2 is 0.712 bits per heavy atom. The molecule has 0 aromatic heterocycles. The molecule has 1 saturated heterocycles. The fourth-order valence-corrected chi connectivity index (χ4v) is 11.8. The van der Waals surface area contributed by atoms with Gasteiger partial charge in [-0.1, -0.05) is 36.4 Å². The molecule has 7 aliphatic rings. The predicted octanol–water partition coefficient (Wildman–Crippen LogP) is 5.16. The summed E-state index contributed by atoms with van der Waals surface area (Å²) >= 11 is 0. The highest BCUT2D eigenvalue weighted by molar-refractivity contribution is 5.44. The zero-order valence-corrected chi connectivity index (χ0v) is 31.8. The highest BCUT2D eigenvalue weighted by Gasteiger charge is 2.38. The van der Waals surface area contributed by atoms with Gasteiger partial charge in [-0.25, -0.2) is 0 Å². The number of fused-ring (bicyclic) bond motifs is 6. The van der Waals surface area contributed by atoms with Crippen LogP contribution in [0.2, 0.25) is 0 Å². The van der Waals surface area contributed by atoms with Crippen LogP contribution < -0.4 is 16.8 Å². The van der Waals surface area contributed by atoms with E-state index in [2.05, 4.69) is 63.5 Å². The molecule has 6 heteroatoms. The second-order valence-electron chi connectivity index (χ2n) is 18.3. The van der Waals surface area contributed by atoms with Crippen LogP contribution in [0, 0.1) is 0 Å². The number of nitrogens with two attached hydrogens (primary N) is 2. The summed E-state index contributed by atoms with van der Waals surface area (Å²) in [5.41, 5.74) is 32.0. The Kier molecular flexibility index (Phi) is 9.09. The van der Waals surface area contributed by atoms with E-state index in [9.17, 15) is 0 Å². The van der Waals surface area contributed by atoms with E-state index in [1.54, 1.807) is 55.6 Å². The molecular formula is C46H62N6. The van der Waals surface area contributed by atoms with Crippen LogP contribution >= 0.6 is 0 Å². The highest BCUT2D eigenvalue weighted by atomic mass is 15.5. The van der Waals surface area contributed by atoms with Gasteiger partial charge in [-0.05, 0) is 189 Å². The van der Waals surface area contributed by atoms with Gasteiger partial charge in [0.25, 0.3) is 0 Å². The Balaban J connectivity index is 0.912. The number of nitrogens with one attached hydrogen (secondary N) is 1. The van der Waals surface area contributed by atoms with Crippen molar-refractivity contribution < 1.29 is 0 Å². The number of nitrogens with zero attached hydrogens (tertiary/aromatic N) is 3. The molecule has 1 heterocycles. The summed E-state index contributed by atoms with van der Waals surface area (Å²) in [4.78, 5) is 8.77. The van der Waals surface area contributed by atoms with E-state index < -0.39 is 0 Å². The van der Waals surface area contributed by atoms with Gasteiger partial charge >= 0.3 is 0 Å². The largest absolute Gasteiger partial charge is 0.327 e. The fourth-order valence-electron chi connectivity index (χ4n) is 11.8. The third-order valence-corrected chi connectivity index (χ3v) is 15.0. The maximum Gasteiger partial charge on any atom is 0.0536 e. The maximum atomic E-state index is 6.40. The molecule has 3 aromatic carbocycles. The summed E-state index contributed by atoms with van der Waals surface area (Å²) in [5.74, 6) is 0. The van der Waals surface area contributed by atoms with Crippen LogP contribution in [0.25, 0.3) is 0 Å². The van der Waals surface area contributed by atoms with Gasteiger partial charge in [0.2, 0.25) is 0 Å². The molecule has 1 fully saturated rings. The van der Waals surface area contributed by atoms with E-state index >= 15 is 0 Å². The van der Waals surface area contributed by atoms with Crippen LogP contribution in [0.1, 0.15) is 105 Å². The Morgan fingerprint density at radius 1 is 0.404 bits per heavy atom. The molecular weight excluding hydrogens is 637 g/mol. The average Bonchev–Trinajstić information content (AvgIpc) is 3.17. The van der Waals surface area contributed by atoms with Crippen LogP contribution in [0.4, 0.5) is 0 Å². The molecule has 10 rings (SSSR count). The van der Waals surface area contributed by atoms with Gasteiger partial charge in [-0.3, -0.25) is 14.7 Å².